The zero-order valence-electron chi connectivity index (χ0n) is 18.3. The monoisotopic (exact) mass is 507 g/mol. The van der Waals surface area contributed by atoms with E-state index in [0.717, 1.165) is 42.8 Å². The largest absolute Gasteiger partial charge is 0.454 e. The normalized spacial score (nSPS) is 15.9. The van der Waals surface area contributed by atoms with Gasteiger partial charge in [0.15, 0.2) is 23.1 Å². The number of hydrogen-bond acceptors (Lipinski definition) is 9. The Kier molecular flexibility index (Phi) is 6.15. The number of rotatable bonds is 5. The van der Waals surface area contributed by atoms with Crippen molar-refractivity contribution >= 4 is 34.7 Å². The number of pyridine rings is 1. The number of nitrogens with zero attached hydrogens (tertiary/aromatic N) is 5. The third-order valence-corrected chi connectivity index (χ3v) is 6.07. The van der Waals surface area contributed by atoms with E-state index in [9.17, 15) is 13.2 Å². The average molecular weight is 508 g/mol. The number of aromatic nitrogens is 3. The first-order valence-corrected chi connectivity index (χ1v) is 11.1. The smallest absolute Gasteiger partial charge is 0.417 e. The molecule has 0 radical (unpaired) electrons. The lowest BCUT2D eigenvalue weighted by atomic mass is 10.1. The van der Waals surface area contributed by atoms with Crippen LogP contribution >= 0.6 is 11.6 Å². The molecule has 1 fully saturated rings. The van der Waals surface area contributed by atoms with Crippen LogP contribution in [0.5, 0.6) is 11.5 Å². The Labute approximate surface area is 203 Å². The highest BCUT2D eigenvalue weighted by Gasteiger charge is 2.32. The summed E-state index contributed by atoms with van der Waals surface area (Å²) in [5, 5.41) is 2.62. The van der Waals surface area contributed by atoms with Crippen molar-refractivity contribution < 1.29 is 22.6 Å². The number of halogens is 4. The summed E-state index contributed by atoms with van der Waals surface area (Å²) in [7, 11) is 0. The molecule has 0 aliphatic carbocycles. The first-order valence-electron chi connectivity index (χ1n) is 10.7. The van der Waals surface area contributed by atoms with Gasteiger partial charge < -0.3 is 25.4 Å². The molecule has 1 saturated heterocycles. The Morgan fingerprint density at radius 1 is 1.00 bits per heavy atom. The van der Waals surface area contributed by atoms with Crippen LogP contribution in [0.25, 0.3) is 0 Å². The molecule has 4 heterocycles. The van der Waals surface area contributed by atoms with Gasteiger partial charge in [-0.1, -0.05) is 17.7 Å². The van der Waals surface area contributed by atoms with Crippen LogP contribution in [0, 0.1) is 0 Å². The molecular weight excluding hydrogens is 487 g/mol. The Morgan fingerprint density at radius 3 is 2.51 bits per heavy atom. The number of alkyl halides is 3. The van der Waals surface area contributed by atoms with Crippen molar-refractivity contribution in [2.75, 3.05) is 48.9 Å². The lowest BCUT2D eigenvalue weighted by molar-refractivity contribution is -0.137. The maximum atomic E-state index is 12.9. The van der Waals surface area contributed by atoms with Crippen molar-refractivity contribution in [2.24, 2.45) is 0 Å². The molecule has 2 aromatic heterocycles. The maximum Gasteiger partial charge on any atom is 0.417 e. The fraction of sp³-hybridized carbons (Fsp3) is 0.318. The first kappa shape index (κ1) is 23.2. The van der Waals surface area contributed by atoms with Gasteiger partial charge in [0.2, 0.25) is 6.79 Å². The second-order valence-corrected chi connectivity index (χ2v) is 8.49. The third-order valence-electron chi connectivity index (χ3n) is 5.78. The molecule has 0 amide bonds. The highest BCUT2D eigenvalue weighted by Crippen LogP contribution is 2.35. The highest BCUT2D eigenvalue weighted by atomic mass is 35.5. The third kappa shape index (κ3) is 4.98. The second kappa shape index (κ2) is 9.27. The van der Waals surface area contributed by atoms with Gasteiger partial charge in [-0.05, 0) is 23.8 Å². The molecule has 3 aromatic rings. The van der Waals surface area contributed by atoms with E-state index in [1.807, 2.05) is 23.1 Å². The molecule has 13 heteroatoms. The maximum absolute atomic E-state index is 12.9. The van der Waals surface area contributed by atoms with Gasteiger partial charge in [-0.3, -0.25) is 4.90 Å². The van der Waals surface area contributed by atoms with E-state index in [4.69, 9.17) is 26.8 Å². The molecule has 0 spiro atoms. The number of hydrogen-bond donors (Lipinski definition) is 2. The van der Waals surface area contributed by atoms with Crippen molar-refractivity contribution in [3.05, 3.63) is 52.9 Å². The molecule has 5 rings (SSSR count). The molecule has 9 nitrogen and oxygen atoms in total. The number of fused-ring (bicyclic) bond motifs is 1. The topological polar surface area (TPSA) is 102 Å². The minimum Gasteiger partial charge on any atom is -0.454 e. The van der Waals surface area contributed by atoms with Crippen LogP contribution in [0.2, 0.25) is 5.02 Å². The summed E-state index contributed by atoms with van der Waals surface area (Å²) in [6.07, 6.45) is -2.50. The number of nitrogens with two attached hydrogens (primary N) is 1. The van der Waals surface area contributed by atoms with Crippen LogP contribution < -0.4 is 25.4 Å². The number of ether oxygens (including phenoxy) is 2. The van der Waals surface area contributed by atoms with Crippen molar-refractivity contribution in [3.8, 4) is 11.5 Å². The van der Waals surface area contributed by atoms with E-state index >= 15 is 0 Å². The quantitative estimate of drug-likeness (QED) is 0.532. The number of benzene rings is 1. The molecule has 2 aliphatic rings. The van der Waals surface area contributed by atoms with Crippen LogP contribution in [0.1, 0.15) is 11.1 Å². The van der Waals surface area contributed by atoms with Crippen molar-refractivity contribution in [3.63, 3.8) is 0 Å². The lowest BCUT2D eigenvalue weighted by Crippen LogP contribution is -2.46. The molecule has 0 bridgehead atoms. The molecule has 35 heavy (non-hydrogen) atoms. The standard InChI is InChI=1S/C22H21ClF3N7O2/c23-15-8-14(22(24,25)26)9-28-19(15)31-20-18(27)21(30-11-29-20)33-5-3-32(4-6-33)10-13-1-2-16-17(7-13)35-12-34-16/h1-2,7-9,11H,3-6,10,12,27H2,(H,28,29,30,31). The van der Waals surface area contributed by atoms with E-state index in [-0.39, 0.29) is 29.1 Å². The van der Waals surface area contributed by atoms with Crippen LogP contribution in [0.4, 0.5) is 36.3 Å². The van der Waals surface area contributed by atoms with Gasteiger partial charge in [-0.25, -0.2) is 15.0 Å². The second-order valence-electron chi connectivity index (χ2n) is 8.09. The number of nitrogen functional groups attached to an aromatic ring is 1. The predicted molar refractivity (Wildman–Crippen MR) is 124 cm³/mol. The summed E-state index contributed by atoms with van der Waals surface area (Å²) >= 11 is 6.00. The van der Waals surface area contributed by atoms with Gasteiger partial charge in [-0.15, -0.1) is 0 Å². The SMILES string of the molecule is Nc1c(Nc2ncc(C(F)(F)F)cc2Cl)ncnc1N1CCN(Cc2ccc3c(c2)OCO3)CC1. The average Bonchev–Trinajstić information content (AvgIpc) is 3.29. The van der Waals surface area contributed by atoms with E-state index in [0.29, 0.717) is 25.1 Å². The summed E-state index contributed by atoms with van der Waals surface area (Å²) in [6.45, 7) is 3.96. The summed E-state index contributed by atoms with van der Waals surface area (Å²) in [5.74, 6) is 2.29. The first-order chi connectivity index (χ1) is 16.8. The zero-order chi connectivity index (χ0) is 24.6. The summed E-state index contributed by atoms with van der Waals surface area (Å²) in [4.78, 5) is 16.6. The molecule has 0 unspecified atom stereocenters. The number of nitrogens with one attached hydrogen (secondary N) is 1. The molecular formula is C22H21ClF3N7O2. The molecule has 184 valence electrons. The summed E-state index contributed by atoms with van der Waals surface area (Å²) in [6, 6.07) is 6.74. The predicted octanol–water partition coefficient (Wildman–Crippen LogP) is 3.92. The molecule has 2 aliphatic heterocycles. The van der Waals surface area contributed by atoms with Crippen LogP contribution in [-0.2, 0) is 12.7 Å². The summed E-state index contributed by atoms with van der Waals surface area (Å²) in [5.41, 5.74) is 6.76. The van der Waals surface area contributed by atoms with Crippen molar-refractivity contribution in [1.29, 1.82) is 0 Å². The Hall–Kier alpha value is -3.51. The summed E-state index contributed by atoms with van der Waals surface area (Å²) < 4.78 is 49.4. The molecule has 3 N–H and O–H groups in total. The minimum absolute atomic E-state index is 0.0181. The Balaban J connectivity index is 1.24. The van der Waals surface area contributed by atoms with Crippen LogP contribution in [0.15, 0.2) is 36.8 Å². The minimum atomic E-state index is -4.54. The van der Waals surface area contributed by atoms with E-state index in [1.54, 1.807) is 0 Å². The fourth-order valence-electron chi connectivity index (χ4n) is 3.95. The van der Waals surface area contributed by atoms with E-state index in [1.165, 1.54) is 6.33 Å². The van der Waals surface area contributed by atoms with Gasteiger partial charge in [0.1, 0.15) is 17.8 Å². The van der Waals surface area contributed by atoms with Crippen LogP contribution in [0.3, 0.4) is 0 Å². The lowest BCUT2D eigenvalue weighted by Gasteiger charge is -2.36. The molecule has 0 saturated carbocycles. The van der Waals surface area contributed by atoms with Gasteiger partial charge >= 0.3 is 6.18 Å². The molecule has 0 atom stereocenters. The van der Waals surface area contributed by atoms with E-state index in [2.05, 4.69) is 25.2 Å². The zero-order valence-corrected chi connectivity index (χ0v) is 19.1. The number of anilines is 4. The Morgan fingerprint density at radius 2 is 1.77 bits per heavy atom. The highest BCUT2D eigenvalue weighted by molar-refractivity contribution is 6.33. The van der Waals surface area contributed by atoms with Crippen LogP contribution in [-0.4, -0.2) is 52.8 Å². The van der Waals surface area contributed by atoms with Crippen molar-refractivity contribution in [2.45, 2.75) is 12.7 Å². The van der Waals surface area contributed by atoms with Gasteiger partial charge in [0.25, 0.3) is 0 Å². The fourth-order valence-corrected chi connectivity index (χ4v) is 4.16. The van der Waals surface area contributed by atoms with Gasteiger partial charge in [-0.2, -0.15) is 13.2 Å². The molecule has 1 aromatic carbocycles. The van der Waals surface area contributed by atoms with Crippen molar-refractivity contribution in [1.82, 2.24) is 19.9 Å². The van der Waals surface area contributed by atoms with Gasteiger partial charge in [0, 0.05) is 38.9 Å². The van der Waals surface area contributed by atoms with Gasteiger partial charge in [0.05, 0.1) is 10.6 Å². The number of piperazine rings is 1. The van der Waals surface area contributed by atoms with E-state index < -0.39 is 11.7 Å². The Bertz CT molecular complexity index is 1240.